The number of benzene rings is 1. The molecular weight excluding hydrogens is 175 g/mol. The van der Waals surface area contributed by atoms with Crippen LogP contribution in [0.25, 0.3) is 0 Å². The smallest absolute Gasteiger partial charge is 0.126 e. The summed E-state index contributed by atoms with van der Waals surface area (Å²) in [5.41, 5.74) is 3.14. The summed E-state index contributed by atoms with van der Waals surface area (Å²) in [5, 5.41) is 0. The van der Waals surface area contributed by atoms with Gasteiger partial charge in [-0.25, -0.2) is 4.39 Å². The maximum absolute atomic E-state index is 13.6. The molecule has 0 saturated heterocycles. The van der Waals surface area contributed by atoms with Crippen molar-refractivity contribution in [2.45, 2.75) is 46.5 Å². The third-order valence-corrected chi connectivity index (χ3v) is 2.63. The van der Waals surface area contributed by atoms with Crippen molar-refractivity contribution in [3.05, 3.63) is 34.6 Å². The Morgan fingerprint density at radius 3 is 1.86 bits per heavy atom. The summed E-state index contributed by atoms with van der Waals surface area (Å²) in [6, 6.07) is 3.67. The molecule has 0 amide bonds. The quantitative estimate of drug-likeness (QED) is 0.655. The number of hydrogen-bond donors (Lipinski definition) is 0. The predicted molar refractivity (Wildman–Crippen MR) is 59.3 cm³/mol. The zero-order chi connectivity index (χ0) is 10.9. The molecule has 0 nitrogen and oxygen atoms in total. The number of rotatable bonds is 2. The van der Waals surface area contributed by atoms with Crippen LogP contribution in [0.2, 0.25) is 0 Å². The minimum absolute atomic E-state index is 0.0608. The third-order valence-electron chi connectivity index (χ3n) is 2.63. The fourth-order valence-electron chi connectivity index (χ4n) is 1.78. The highest BCUT2D eigenvalue weighted by Gasteiger charge is 2.11. The first kappa shape index (κ1) is 11.2. The van der Waals surface area contributed by atoms with E-state index in [1.165, 1.54) is 5.56 Å². The molecule has 0 aliphatic carbocycles. The maximum atomic E-state index is 13.6. The minimum atomic E-state index is -0.0608. The second-order valence-electron chi connectivity index (χ2n) is 4.54. The number of hydrogen-bond acceptors (Lipinski definition) is 0. The first-order valence-electron chi connectivity index (χ1n) is 5.23. The van der Waals surface area contributed by atoms with Gasteiger partial charge in [-0.05, 0) is 41.5 Å². The molecule has 0 radical (unpaired) electrons. The highest BCUT2D eigenvalue weighted by atomic mass is 19.1. The van der Waals surface area contributed by atoms with Crippen molar-refractivity contribution >= 4 is 0 Å². The van der Waals surface area contributed by atoms with Crippen molar-refractivity contribution in [3.63, 3.8) is 0 Å². The normalized spacial score (nSPS) is 11.4. The lowest BCUT2D eigenvalue weighted by Crippen LogP contribution is -1.99. The summed E-state index contributed by atoms with van der Waals surface area (Å²) in [7, 11) is 0. The van der Waals surface area contributed by atoms with Gasteiger partial charge in [0.05, 0.1) is 0 Å². The standard InChI is InChI=1S/C13H19F/c1-8(2)11-7-13(14)12(9(3)4)6-10(11)5/h6-9H,1-5H3. The predicted octanol–water partition coefficient (Wildman–Crippen LogP) is 4.38. The first-order valence-corrected chi connectivity index (χ1v) is 5.23. The van der Waals surface area contributed by atoms with Crippen molar-refractivity contribution < 1.29 is 4.39 Å². The SMILES string of the molecule is Cc1cc(C(C)C)c(F)cc1C(C)C. The number of halogens is 1. The van der Waals surface area contributed by atoms with E-state index in [-0.39, 0.29) is 11.7 Å². The second kappa shape index (κ2) is 4.12. The lowest BCUT2D eigenvalue weighted by molar-refractivity contribution is 0.593. The Morgan fingerprint density at radius 2 is 1.43 bits per heavy atom. The van der Waals surface area contributed by atoms with Gasteiger partial charge in [0.25, 0.3) is 0 Å². The van der Waals surface area contributed by atoms with E-state index in [0.717, 1.165) is 11.1 Å². The summed E-state index contributed by atoms with van der Waals surface area (Å²) < 4.78 is 13.6. The Hall–Kier alpha value is -0.850. The van der Waals surface area contributed by atoms with E-state index in [2.05, 4.69) is 20.8 Å². The van der Waals surface area contributed by atoms with E-state index in [0.29, 0.717) is 5.92 Å². The van der Waals surface area contributed by atoms with E-state index in [4.69, 9.17) is 0 Å². The van der Waals surface area contributed by atoms with E-state index < -0.39 is 0 Å². The van der Waals surface area contributed by atoms with Gasteiger partial charge in [-0.3, -0.25) is 0 Å². The van der Waals surface area contributed by atoms with E-state index >= 15 is 0 Å². The van der Waals surface area contributed by atoms with Crippen LogP contribution in [0.1, 0.15) is 56.2 Å². The van der Waals surface area contributed by atoms with Crippen molar-refractivity contribution in [2.75, 3.05) is 0 Å². The molecule has 0 bridgehead atoms. The average Bonchev–Trinajstić information content (AvgIpc) is 2.07. The van der Waals surface area contributed by atoms with Crippen LogP contribution in [-0.4, -0.2) is 0 Å². The molecule has 78 valence electrons. The monoisotopic (exact) mass is 194 g/mol. The molecule has 1 rings (SSSR count). The Morgan fingerprint density at radius 1 is 0.929 bits per heavy atom. The lowest BCUT2D eigenvalue weighted by Gasteiger charge is -2.14. The van der Waals surface area contributed by atoms with Crippen molar-refractivity contribution in [3.8, 4) is 0 Å². The molecule has 0 heterocycles. The third kappa shape index (κ3) is 2.14. The summed E-state index contributed by atoms with van der Waals surface area (Å²) in [6.45, 7) is 10.3. The fraction of sp³-hybridized carbons (Fsp3) is 0.538. The molecule has 1 aromatic rings. The largest absolute Gasteiger partial charge is 0.207 e. The highest BCUT2D eigenvalue weighted by molar-refractivity contribution is 5.35. The van der Waals surface area contributed by atoms with Crippen LogP contribution in [-0.2, 0) is 0 Å². The Kier molecular flexibility index (Phi) is 3.30. The van der Waals surface area contributed by atoms with Crippen molar-refractivity contribution in [2.24, 2.45) is 0 Å². The van der Waals surface area contributed by atoms with Crippen LogP contribution >= 0.6 is 0 Å². The van der Waals surface area contributed by atoms with E-state index in [1.54, 1.807) is 6.07 Å². The van der Waals surface area contributed by atoms with E-state index in [1.807, 2.05) is 19.9 Å². The van der Waals surface area contributed by atoms with Gasteiger partial charge in [-0.1, -0.05) is 33.8 Å². The van der Waals surface area contributed by atoms with Crippen LogP contribution in [0, 0.1) is 12.7 Å². The molecule has 0 unspecified atom stereocenters. The van der Waals surface area contributed by atoms with Crippen LogP contribution in [0.3, 0.4) is 0 Å². The molecule has 0 fully saturated rings. The molecule has 0 N–H and O–H groups in total. The zero-order valence-electron chi connectivity index (χ0n) is 9.69. The molecular formula is C13H19F. The second-order valence-corrected chi connectivity index (χ2v) is 4.54. The summed E-state index contributed by atoms with van der Waals surface area (Å²) in [6.07, 6.45) is 0. The van der Waals surface area contributed by atoms with Crippen molar-refractivity contribution in [1.29, 1.82) is 0 Å². The summed E-state index contributed by atoms with van der Waals surface area (Å²) in [5.74, 6) is 0.593. The zero-order valence-corrected chi connectivity index (χ0v) is 9.69. The van der Waals surface area contributed by atoms with Gasteiger partial charge in [0.1, 0.15) is 5.82 Å². The Bertz CT molecular complexity index is 291. The molecule has 0 aliphatic rings. The average molecular weight is 194 g/mol. The first-order chi connectivity index (χ1) is 6.43. The van der Waals surface area contributed by atoms with Crippen LogP contribution in [0.15, 0.2) is 12.1 Å². The van der Waals surface area contributed by atoms with Gasteiger partial charge < -0.3 is 0 Å². The molecule has 0 aliphatic heterocycles. The summed E-state index contributed by atoms with van der Waals surface area (Å²) >= 11 is 0. The van der Waals surface area contributed by atoms with E-state index in [9.17, 15) is 4.39 Å². The highest BCUT2D eigenvalue weighted by Crippen LogP contribution is 2.26. The van der Waals surface area contributed by atoms with Gasteiger partial charge in [0.2, 0.25) is 0 Å². The molecule has 0 atom stereocenters. The Labute approximate surface area is 86.2 Å². The van der Waals surface area contributed by atoms with Crippen molar-refractivity contribution in [1.82, 2.24) is 0 Å². The topological polar surface area (TPSA) is 0 Å². The molecule has 0 aromatic heterocycles. The Balaban J connectivity index is 3.24. The molecule has 0 saturated carbocycles. The summed E-state index contributed by atoms with van der Waals surface area (Å²) in [4.78, 5) is 0. The molecule has 0 spiro atoms. The van der Waals surface area contributed by atoms with Gasteiger partial charge >= 0.3 is 0 Å². The minimum Gasteiger partial charge on any atom is -0.207 e. The maximum Gasteiger partial charge on any atom is 0.126 e. The van der Waals surface area contributed by atoms with Crippen LogP contribution in [0.5, 0.6) is 0 Å². The van der Waals surface area contributed by atoms with Gasteiger partial charge in [-0.2, -0.15) is 0 Å². The lowest BCUT2D eigenvalue weighted by atomic mass is 9.92. The van der Waals surface area contributed by atoms with Gasteiger partial charge in [0.15, 0.2) is 0 Å². The molecule has 14 heavy (non-hydrogen) atoms. The molecule has 1 aromatic carbocycles. The van der Waals surface area contributed by atoms with Gasteiger partial charge in [0, 0.05) is 0 Å². The van der Waals surface area contributed by atoms with Crippen LogP contribution in [0.4, 0.5) is 4.39 Å². The fourth-order valence-corrected chi connectivity index (χ4v) is 1.78. The van der Waals surface area contributed by atoms with Crippen LogP contribution < -0.4 is 0 Å². The van der Waals surface area contributed by atoms with Gasteiger partial charge in [-0.15, -0.1) is 0 Å². The molecule has 1 heteroatoms. The number of aryl methyl sites for hydroxylation is 1.